The van der Waals surface area contributed by atoms with Gasteiger partial charge in [0, 0.05) is 11.1 Å². The van der Waals surface area contributed by atoms with E-state index in [2.05, 4.69) is 26.0 Å². The first kappa shape index (κ1) is 12.5. The largest absolute Gasteiger partial charge is 0.327 e. The van der Waals surface area contributed by atoms with E-state index in [0.717, 1.165) is 23.4 Å². The quantitative estimate of drug-likeness (QED) is 0.833. The Hall–Kier alpha value is -0.530. The molecule has 0 bridgehead atoms. The van der Waals surface area contributed by atoms with Crippen molar-refractivity contribution >= 4 is 11.6 Å². The van der Waals surface area contributed by atoms with Crippen molar-refractivity contribution in [3.63, 3.8) is 0 Å². The van der Waals surface area contributed by atoms with Crippen molar-refractivity contribution in [3.05, 3.63) is 34.3 Å². The number of hydrogen-bond acceptors (Lipinski definition) is 1. The van der Waals surface area contributed by atoms with Gasteiger partial charge < -0.3 is 5.73 Å². The molecule has 1 rings (SSSR count). The Balaban J connectivity index is 2.68. The Kier molecular flexibility index (Phi) is 4.62. The van der Waals surface area contributed by atoms with Crippen molar-refractivity contribution in [1.82, 2.24) is 0 Å². The molecular formula is C13H20ClN. The summed E-state index contributed by atoms with van der Waals surface area (Å²) >= 11 is 5.98. The second kappa shape index (κ2) is 5.53. The van der Waals surface area contributed by atoms with Crippen LogP contribution < -0.4 is 5.73 Å². The molecule has 0 aliphatic rings. The molecule has 1 nitrogen and oxygen atoms in total. The molecule has 0 aliphatic carbocycles. The second-order valence-electron chi connectivity index (χ2n) is 4.34. The summed E-state index contributed by atoms with van der Waals surface area (Å²) in [7, 11) is 0. The lowest BCUT2D eigenvalue weighted by Gasteiger charge is -2.18. The Morgan fingerprint density at radius 1 is 1.40 bits per heavy atom. The Labute approximate surface area is 97.6 Å². The van der Waals surface area contributed by atoms with Crippen LogP contribution in [0.4, 0.5) is 0 Å². The molecular weight excluding hydrogens is 206 g/mol. The van der Waals surface area contributed by atoms with Gasteiger partial charge in [-0.25, -0.2) is 0 Å². The van der Waals surface area contributed by atoms with Gasteiger partial charge in [0.1, 0.15) is 0 Å². The van der Waals surface area contributed by atoms with Crippen molar-refractivity contribution in [2.75, 3.05) is 0 Å². The molecule has 0 saturated heterocycles. The predicted octanol–water partition coefficient (Wildman–Crippen LogP) is 3.56. The third-order valence-corrected chi connectivity index (χ3v) is 3.41. The summed E-state index contributed by atoms with van der Waals surface area (Å²) in [6.45, 7) is 6.38. The highest BCUT2D eigenvalue weighted by Crippen LogP contribution is 2.19. The fourth-order valence-electron chi connectivity index (χ4n) is 1.76. The summed E-state index contributed by atoms with van der Waals surface area (Å²) < 4.78 is 0. The minimum atomic E-state index is 0.293. The van der Waals surface area contributed by atoms with Crippen molar-refractivity contribution in [2.45, 2.75) is 39.7 Å². The summed E-state index contributed by atoms with van der Waals surface area (Å²) in [5.74, 6) is 0.524. The van der Waals surface area contributed by atoms with E-state index in [1.54, 1.807) is 0 Å². The van der Waals surface area contributed by atoms with Gasteiger partial charge in [-0.1, -0.05) is 37.6 Å². The Morgan fingerprint density at radius 3 is 2.60 bits per heavy atom. The van der Waals surface area contributed by atoms with Crippen LogP contribution in [0.5, 0.6) is 0 Å². The highest BCUT2D eigenvalue weighted by atomic mass is 35.5. The number of aryl methyl sites for hydroxylation is 1. The van der Waals surface area contributed by atoms with Gasteiger partial charge in [-0.3, -0.25) is 0 Å². The number of halogens is 1. The van der Waals surface area contributed by atoms with Crippen molar-refractivity contribution in [1.29, 1.82) is 0 Å². The van der Waals surface area contributed by atoms with Crippen LogP contribution in [0, 0.1) is 12.8 Å². The molecule has 0 heterocycles. The van der Waals surface area contributed by atoms with Crippen LogP contribution in [0.1, 0.15) is 31.4 Å². The summed E-state index contributed by atoms with van der Waals surface area (Å²) in [5, 5.41) is 0.839. The van der Waals surface area contributed by atoms with E-state index in [4.69, 9.17) is 17.3 Å². The van der Waals surface area contributed by atoms with Crippen molar-refractivity contribution < 1.29 is 0 Å². The molecule has 15 heavy (non-hydrogen) atoms. The van der Waals surface area contributed by atoms with E-state index in [9.17, 15) is 0 Å². The minimum Gasteiger partial charge on any atom is -0.327 e. The molecule has 0 fully saturated rings. The van der Waals surface area contributed by atoms with Gasteiger partial charge in [0.2, 0.25) is 0 Å². The van der Waals surface area contributed by atoms with Gasteiger partial charge in [0.25, 0.3) is 0 Å². The van der Waals surface area contributed by atoms with E-state index in [1.165, 1.54) is 5.56 Å². The van der Waals surface area contributed by atoms with E-state index >= 15 is 0 Å². The Morgan fingerprint density at radius 2 is 2.07 bits per heavy atom. The molecule has 2 heteroatoms. The van der Waals surface area contributed by atoms with Crippen LogP contribution in [0.25, 0.3) is 0 Å². The molecule has 1 aromatic rings. The zero-order valence-electron chi connectivity index (χ0n) is 9.76. The normalized spacial score (nSPS) is 15.0. The third kappa shape index (κ3) is 3.51. The topological polar surface area (TPSA) is 26.0 Å². The third-order valence-electron chi connectivity index (χ3n) is 2.98. The molecule has 84 valence electrons. The highest BCUT2D eigenvalue weighted by Gasteiger charge is 2.11. The second-order valence-corrected chi connectivity index (χ2v) is 4.74. The highest BCUT2D eigenvalue weighted by molar-refractivity contribution is 6.31. The number of hydrogen-bond donors (Lipinski definition) is 1. The lowest BCUT2D eigenvalue weighted by atomic mass is 9.92. The predicted molar refractivity (Wildman–Crippen MR) is 67.3 cm³/mol. The summed E-state index contributed by atoms with van der Waals surface area (Å²) in [6, 6.07) is 6.51. The first-order valence-electron chi connectivity index (χ1n) is 5.55. The molecule has 0 amide bonds. The summed E-state index contributed by atoms with van der Waals surface area (Å²) in [6.07, 6.45) is 2.07. The molecule has 2 atom stereocenters. The van der Waals surface area contributed by atoms with Gasteiger partial charge >= 0.3 is 0 Å². The minimum absolute atomic E-state index is 0.293. The fourth-order valence-corrected chi connectivity index (χ4v) is 1.88. The molecule has 1 aromatic carbocycles. The van der Waals surface area contributed by atoms with Crippen LogP contribution in [-0.4, -0.2) is 6.04 Å². The fraction of sp³-hybridized carbons (Fsp3) is 0.538. The first-order valence-corrected chi connectivity index (χ1v) is 5.93. The first-order chi connectivity index (χ1) is 7.04. The van der Waals surface area contributed by atoms with Crippen LogP contribution in [0.2, 0.25) is 5.02 Å². The molecule has 0 aromatic heterocycles. The van der Waals surface area contributed by atoms with Crippen molar-refractivity contribution in [2.24, 2.45) is 11.7 Å². The Bertz CT molecular complexity index is 322. The van der Waals surface area contributed by atoms with Gasteiger partial charge in [-0.2, -0.15) is 0 Å². The summed E-state index contributed by atoms with van der Waals surface area (Å²) in [4.78, 5) is 0. The zero-order valence-corrected chi connectivity index (χ0v) is 10.5. The van der Waals surface area contributed by atoms with E-state index in [-0.39, 0.29) is 0 Å². The van der Waals surface area contributed by atoms with Crippen LogP contribution in [0.3, 0.4) is 0 Å². The van der Waals surface area contributed by atoms with Crippen LogP contribution >= 0.6 is 11.6 Å². The molecule has 0 spiro atoms. The number of rotatable bonds is 4. The lowest BCUT2D eigenvalue weighted by molar-refractivity contribution is 0.442. The average molecular weight is 226 g/mol. The summed E-state index contributed by atoms with van der Waals surface area (Å²) in [5.41, 5.74) is 8.48. The number of nitrogens with two attached hydrogens (primary N) is 1. The molecule has 0 radical (unpaired) electrons. The SMILES string of the molecule is CCC(N)C(C)Cc1ccc(Cl)c(C)c1. The van der Waals surface area contributed by atoms with E-state index < -0.39 is 0 Å². The monoisotopic (exact) mass is 225 g/mol. The van der Waals surface area contributed by atoms with Gasteiger partial charge in [-0.15, -0.1) is 0 Å². The maximum atomic E-state index is 6.01. The standard InChI is InChI=1S/C13H20ClN/c1-4-13(15)10(3)8-11-5-6-12(14)9(2)7-11/h5-7,10,13H,4,8,15H2,1-3H3. The maximum Gasteiger partial charge on any atom is 0.0435 e. The van der Waals surface area contributed by atoms with Crippen LogP contribution in [-0.2, 0) is 6.42 Å². The molecule has 2 N–H and O–H groups in total. The van der Waals surface area contributed by atoms with E-state index in [0.29, 0.717) is 12.0 Å². The number of benzene rings is 1. The molecule has 2 unspecified atom stereocenters. The molecule has 0 saturated carbocycles. The van der Waals surface area contributed by atoms with Gasteiger partial charge in [0.05, 0.1) is 0 Å². The molecule has 0 aliphatic heterocycles. The van der Waals surface area contributed by atoms with Crippen LogP contribution in [0.15, 0.2) is 18.2 Å². The maximum absolute atomic E-state index is 6.01. The average Bonchev–Trinajstić information content (AvgIpc) is 2.22. The van der Waals surface area contributed by atoms with Gasteiger partial charge in [-0.05, 0) is 42.9 Å². The smallest absolute Gasteiger partial charge is 0.0435 e. The lowest BCUT2D eigenvalue weighted by Crippen LogP contribution is -2.28. The van der Waals surface area contributed by atoms with Gasteiger partial charge in [0.15, 0.2) is 0 Å². The zero-order chi connectivity index (χ0) is 11.4. The van der Waals surface area contributed by atoms with E-state index in [1.807, 2.05) is 13.0 Å². The van der Waals surface area contributed by atoms with Crippen molar-refractivity contribution in [3.8, 4) is 0 Å².